The molecule has 0 unspecified atom stereocenters. The molecule has 0 aromatic carbocycles. The number of fused-ring (bicyclic) bond motifs is 1. The predicted molar refractivity (Wildman–Crippen MR) is 78.6 cm³/mol. The van der Waals surface area contributed by atoms with Crippen molar-refractivity contribution >= 4 is 23.7 Å². The highest BCUT2D eigenvalue weighted by Gasteiger charge is 2.18. The van der Waals surface area contributed by atoms with E-state index in [9.17, 15) is 0 Å². The summed E-state index contributed by atoms with van der Waals surface area (Å²) in [4.78, 5) is 4.68. The van der Waals surface area contributed by atoms with Gasteiger partial charge in [0.05, 0.1) is 11.6 Å². The number of thiazole rings is 1. The second-order valence-corrected chi connectivity index (χ2v) is 5.94. The molecule has 3 rings (SSSR count). The number of rotatable bonds is 3. The van der Waals surface area contributed by atoms with Crippen LogP contribution in [0, 0.1) is 5.92 Å². The molecule has 0 saturated carbocycles. The Kier molecular flexibility index (Phi) is 4.54. The average molecular weight is 300 g/mol. The number of aromatic nitrogens is 4. The maximum atomic E-state index is 4.68. The Morgan fingerprint density at radius 3 is 3.05 bits per heavy atom. The van der Waals surface area contributed by atoms with Crippen LogP contribution in [0.1, 0.15) is 24.7 Å². The molecular weight excluding hydrogens is 282 g/mol. The van der Waals surface area contributed by atoms with Crippen LogP contribution in [0.15, 0.2) is 5.38 Å². The number of hydrogen-bond donors (Lipinski definition) is 1. The molecule has 0 bridgehead atoms. The first kappa shape index (κ1) is 14.4. The quantitative estimate of drug-likeness (QED) is 0.943. The van der Waals surface area contributed by atoms with Crippen molar-refractivity contribution in [1.29, 1.82) is 0 Å². The Morgan fingerprint density at radius 1 is 1.42 bits per heavy atom. The molecular formula is C12H18ClN5S. The van der Waals surface area contributed by atoms with Crippen molar-refractivity contribution in [3.8, 4) is 11.5 Å². The van der Waals surface area contributed by atoms with E-state index in [0.717, 1.165) is 43.4 Å². The van der Waals surface area contributed by atoms with Crippen LogP contribution in [0.25, 0.3) is 11.5 Å². The van der Waals surface area contributed by atoms with Crippen molar-refractivity contribution in [1.82, 2.24) is 25.1 Å². The third-order valence-electron chi connectivity index (χ3n) is 2.99. The van der Waals surface area contributed by atoms with Crippen molar-refractivity contribution in [3.05, 3.63) is 16.2 Å². The van der Waals surface area contributed by atoms with E-state index in [2.05, 4.69) is 44.3 Å². The lowest BCUT2D eigenvalue weighted by Gasteiger charge is -2.15. The highest BCUT2D eigenvalue weighted by Crippen LogP contribution is 2.23. The van der Waals surface area contributed by atoms with Crippen LogP contribution >= 0.6 is 23.7 Å². The molecule has 2 aromatic heterocycles. The van der Waals surface area contributed by atoms with Crippen LogP contribution in [-0.4, -0.2) is 26.3 Å². The van der Waals surface area contributed by atoms with Gasteiger partial charge in [0.15, 0.2) is 5.82 Å². The molecule has 1 aliphatic heterocycles. The van der Waals surface area contributed by atoms with Gasteiger partial charge in [0.1, 0.15) is 11.5 Å². The second kappa shape index (κ2) is 5.98. The minimum Gasteiger partial charge on any atom is -0.308 e. The molecule has 0 saturated heterocycles. The standard InChI is InChI=1S/C12H17N5S.ClH/c1-8(2)5-11-14-9(7-18-11)12-16-15-10-6-13-3-4-17(10)12;/h7-8,13H,3-6H2,1-2H3;1H. The smallest absolute Gasteiger partial charge is 0.183 e. The molecule has 0 fully saturated rings. The van der Waals surface area contributed by atoms with Gasteiger partial charge in [0, 0.05) is 24.9 Å². The van der Waals surface area contributed by atoms with Gasteiger partial charge in [0.25, 0.3) is 0 Å². The maximum absolute atomic E-state index is 4.68. The van der Waals surface area contributed by atoms with Crippen LogP contribution in [0.3, 0.4) is 0 Å². The van der Waals surface area contributed by atoms with Crippen LogP contribution < -0.4 is 5.32 Å². The molecule has 0 aliphatic carbocycles. The summed E-state index contributed by atoms with van der Waals surface area (Å²) in [5.74, 6) is 2.56. The van der Waals surface area contributed by atoms with Gasteiger partial charge in [0.2, 0.25) is 0 Å². The number of halogens is 1. The normalized spacial score (nSPS) is 14.3. The van der Waals surface area contributed by atoms with E-state index in [1.165, 1.54) is 5.01 Å². The van der Waals surface area contributed by atoms with Crippen LogP contribution in [-0.2, 0) is 19.5 Å². The Labute approximate surface area is 122 Å². The lowest BCUT2D eigenvalue weighted by Crippen LogP contribution is -2.28. The zero-order valence-electron chi connectivity index (χ0n) is 11.1. The molecule has 19 heavy (non-hydrogen) atoms. The lowest BCUT2D eigenvalue weighted by molar-refractivity contribution is 0.508. The van der Waals surface area contributed by atoms with E-state index in [0.29, 0.717) is 5.92 Å². The third kappa shape index (κ3) is 2.96. The first-order chi connectivity index (χ1) is 8.74. The Hall–Kier alpha value is -0.980. The van der Waals surface area contributed by atoms with Gasteiger partial charge in [-0.25, -0.2) is 4.98 Å². The summed E-state index contributed by atoms with van der Waals surface area (Å²) >= 11 is 1.72. The summed E-state index contributed by atoms with van der Waals surface area (Å²) in [6.07, 6.45) is 1.03. The van der Waals surface area contributed by atoms with Gasteiger partial charge in [-0.15, -0.1) is 33.9 Å². The van der Waals surface area contributed by atoms with Gasteiger partial charge < -0.3 is 9.88 Å². The summed E-state index contributed by atoms with van der Waals surface area (Å²) in [5, 5.41) is 15.1. The van der Waals surface area contributed by atoms with Crippen molar-refractivity contribution in [2.45, 2.75) is 33.4 Å². The molecule has 5 nitrogen and oxygen atoms in total. The fourth-order valence-electron chi connectivity index (χ4n) is 2.14. The van der Waals surface area contributed by atoms with Crippen LogP contribution in [0.4, 0.5) is 0 Å². The second-order valence-electron chi connectivity index (χ2n) is 4.99. The van der Waals surface area contributed by atoms with Gasteiger partial charge in [-0.1, -0.05) is 13.8 Å². The molecule has 1 N–H and O–H groups in total. The van der Waals surface area contributed by atoms with Crippen LogP contribution in [0.5, 0.6) is 0 Å². The minimum atomic E-state index is 0. The van der Waals surface area contributed by atoms with Crippen molar-refractivity contribution in [2.24, 2.45) is 5.92 Å². The summed E-state index contributed by atoms with van der Waals surface area (Å²) in [6, 6.07) is 0. The van der Waals surface area contributed by atoms with E-state index in [4.69, 9.17) is 0 Å². The van der Waals surface area contributed by atoms with Gasteiger partial charge in [-0.05, 0) is 5.92 Å². The monoisotopic (exact) mass is 299 g/mol. The number of nitrogens with zero attached hydrogens (tertiary/aromatic N) is 4. The molecule has 104 valence electrons. The van der Waals surface area contributed by atoms with E-state index < -0.39 is 0 Å². The van der Waals surface area contributed by atoms with Gasteiger partial charge in [-0.2, -0.15) is 0 Å². The number of nitrogens with one attached hydrogen (secondary N) is 1. The molecule has 0 radical (unpaired) electrons. The van der Waals surface area contributed by atoms with E-state index in [1.54, 1.807) is 11.3 Å². The Morgan fingerprint density at radius 2 is 2.26 bits per heavy atom. The minimum absolute atomic E-state index is 0. The summed E-state index contributed by atoms with van der Waals surface area (Å²) in [5.41, 5.74) is 0.969. The maximum Gasteiger partial charge on any atom is 0.183 e. The Balaban J connectivity index is 0.00000133. The SMILES string of the molecule is CC(C)Cc1nc(-c2nnc3n2CCNC3)cs1.Cl. The summed E-state index contributed by atoms with van der Waals surface area (Å²) in [6.45, 7) is 7.13. The summed E-state index contributed by atoms with van der Waals surface area (Å²) < 4.78 is 2.17. The van der Waals surface area contributed by atoms with Crippen molar-refractivity contribution in [3.63, 3.8) is 0 Å². The molecule has 1 aliphatic rings. The largest absolute Gasteiger partial charge is 0.308 e. The van der Waals surface area contributed by atoms with Gasteiger partial charge >= 0.3 is 0 Å². The van der Waals surface area contributed by atoms with E-state index >= 15 is 0 Å². The average Bonchev–Trinajstić information content (AvgIpc) is 2.94. The first-order valence-corrected chi connectivity index (χ1v) is 7.19. The molecule has 0 amide bonds. The lowest BCUT2D eigenvalue weighted by atomic mass is 10.1. The van der Waals surface area contributed by atoms with Crippen molar-refractivity contribution < 1.29 is 0 Å². The molecule has 0 spiro atoms. The predicted octanol–water partition coefficient (Wildman–Crippen LogP) is 2.13. The molecule has 7 heteroatoms. The van der Waals surface area contributed by atoms with E-state index in [1.807, 2.05) is 0 Å². The fourth-order valence-corrected chi connectivity index (χ4v) is 3.12. The zero-order chi connectivity index (χ0) is 12.5. The third-order valence-corrected chi connectivity index (χ3v) is 3.86. The highest BCUT2D eigenvalue weighted by molar-refractivity contribution is 7.09. The fraction of sp³-hybridized carbons (Fsp3) is 0.583. The van der Waals surface area contributed by atoms with E-state index in [-0.39, 0.29) is 12.4 Å². The van der Waals surface area contributed by atoms with Crippen LogP contribution in [0.2, 0.25) is 0 Å². The zero-order valence-corrected chi connectivity index (χ0v) is 12.7. The molecule has 0 atom stereocenters. The number of hydrogen-bond acceptors (Lipinski definition) is 5. The Bertz CT molecular complexity index is 548. The van der Waals surface area contributed by atoms with Gasteiger partial charge in [-0.3, -0.25) is 0 Å². The molecule has 3 heterocycles. The first-order valence-electron chi connectivity index (χ1n) is 6.31. The van der Waals surface area contributed by atoms with Crippen molar-refractivity contribution in [2.75, 3.05) is 6.54 Å². The summed E-state index contributed by atoms with van der Waals surface area (Å²) in [7, 11) is 0. The molecule has 2 aromatic rings. The topological polar surface area (TPSA) is 55.6 Å². The highest BCUT2D eigenvalue weighted by atomic mass is 35.5.